The number of ether oxygens (including phenoxy) is 5. The number of aliphatic hydroxyl groups excluding tert-OH is 3. The number of benzene rings is 3. The highest BCUT2D eigenvalue weighted by Crippen LogP contribution is 2.46. The number of alkyl carbamates (subject to hydrolysis) is 1. The predicted molar refractivity (Wildman–Crippen MR) is 210 cm³/mol. The molecule has 5 rings (SSSR count). The SMILES string of the molecule is CCC(CO)OC(COC(=O)NCCC(=O)NCCNC(=O)Oc1cc2c(c3ccccc13)[C@H](CCl)CN2C(=O)c1cc2cc(OC)c(CO)c(CO)c2[nH]1)OC. The van der Waals surface area contributed by atoms with E-state index < -0.39 is 31.2 Å². The highest BCUT2D eigenvalue weighted by atomic mass is 35.5. The van der Waals surface area contributed by atoms with Crippen LogP contribution in [0.2, 0.25) is 0 Å². The van der Waals surface area contributed by atoms with Crippen LogP contribution >= 0.6 is 11.6 Å². The van der Waals surface area contributed by atoms with Crippen molar-refractivity contribution in [2.24, 2.45) is 0 Å². The Morgan fingerprint density at radius 1 is 0.930 bits per heavy atom. The molecule has 7 N–H and O–H groups in total. The van der Waals surface area contributed by atoms with E-state index in [4.69, 9.17) is 35.3 Å². The van der Waals surface area contributed by atoms with Gasteiger partial charge >= 0.3 is 12.2 Å². The third kappa shape index (κ3) is 10.0. The average Bonchev–Trinajstić information content (AvgIpc) is 3.83. The molecule has 0 spiro atoms. The number of carbonyl (C=O) groups is 4. The molecule has 3 atom stereocenters. The Morgan fingerprint density at radius 3 is 2.32 bits per heavy atom. The molecular formula is C39H48ClN5O12. The lowest BCUT2D eigenvalue weighted by atomic mass is 9.95. The number of carbonyl (C=O) groups excluding carboxylic acids is 4. The quantitative estimate of drug-likeness (QED) is 0.0411. The zero-order valence-electron chi connectivity index (χ0n) is 31.9. The lowest BCUT2D eigenvalue weighted by Gasteiger charge is -2.21. The number of aliphatic hydroxyl groups is 3. The minimum atomic E-state index is -0.856. The van der Waals surface area contributed by atoms with Gasteiger partial charge in [-0.25, -0.2) is 9.59 Å². The molecule has 4 amide bonds. The van der Waals surface area contributed by atoms with Crippen molar-refractivity contribution >= 4 is 63.0 Å². The second kappa shape index (κ2) is 20.3. The molecule has 0 bridgehead atoms. The fourth-order valence-corrected chi connectivity index (χ4v) is 6.93. The van der Waals surface area contributed by atoms with Gasteiger partial charge in [-0.15, -0.1) is 11.6 Å². The Labute approximate surface area is 333 Å². The van der Waals surface area contributed by atoms with E-state index in [-0.39, 0.29) is 87.5 Å². The number of alkyl halides is 1. The number of aromatic amines is 1. The molecule has 2 heterocycles. The second-order valence-electron chi connectivity index (χ2n) is 13.1. The fourth-order valence-electron chi connectivity index (χ4n) is 6.68. The van der Waals surface area contributed by atoms with Crippen LogP contribution in [0.15, 0.2) is 42.5 Å². The second-order valence-corrected chi connectivity index (χ2v) is 13.4. The summed E-state index contributed by atoms with van der Waals surface area (Å²) in [6.45, 7) is 1.02. The highest BCUT2D eigenvalue weighted by Gasteiger charge is 2.36. The molecule has 57 heavy (non-hydrogen) atoms. The number of halogens is 1. The Morgan fingerprint density at radius 2 is 1.65 bits per heavy atom. The number of aromatic nitrogens is 1. The van der Waals surface area contributed by atoms with Crippen LogP contribution < -0.4 is 30.3 Å². The van der Waals surface area contributed by atoms with Gasteiger partial charge in [-0.05, 0) is 29.5 Å². The normalized spacial score (nSPS) is 14.6. The summed E-state index contributed by atoms with van der Waals surface area (Å²) in [4.78, 5) is 56.2. The monoisotopic (exact) mass is 813 g/mol. The highest BCUT2D eigenvalue weighted by molar-refractivity contribution is 6.19. The van der Waals surface area contributed by atoms with Gasteiger partial charge in [-0.1, -0.05) is 31.2 Å². The van der Waals surface area contributed by atoms with Crippen LogP contribution in [0.4, 0.5) is 15.3 Å². The first-order valence-corrected chi connectivity index (χ1v) is 18.9. The minimum Gasteiger partial charge on any atom is -0.496 e. The maximum Gasteiger partial charge on any atom is 0.412 e. The Bertz CT molecular complexity index is 2060. The number of hydrogen-bond donors (Lipinski definition) is 7. The number of hydrogen-bond acceptors (Lipinski definition) is 12. The molecule has 1 aromatic heterocycles. The van der Waals surface area contributed by atoms with E-state index in [1.807, 2.05) is 19.1 Å². The van der Waals surface area contributed by atoms with Crippen molar-refractivity contribution in [2.45, 2.75) is 51.3 Å². The summed E-state index contributed by atoms with van der Waals surface area (Å²) in [6.07, 6.45) is -2.37. The summed E-state index contributed by atoms with van der Waals surface area (Å²) in [5, 5.41) is 39.1. The van der Waals surface area contributed by atoms with Crippen LogP contribution in [-0.4, -0.2) is 116 Å². The smallest absolute Gasteiger partial charge is 0.412 e. The largest absolute Gasteiger partial charge is 0.496 e. The van der Waals surface area contributed by atoms with Gasteiger partial charge in [-0.2, -0.15) is 0 Å². The summed E-state index contributed by atoms with van der Waals surface area (Å²) in [7, 11) is 2.84. The fraction of sp³-hybridized carbons (Fsp3) is 0.436. The summed E-state index contributed by atoms with van der Waals surface area (Å²) in [6, 6.07) is 12.3. The van der Waals surface area contributed by atoms with E-state index in [2.05, 4.69) is 20.9 Å². The van der Waals surface area contributed by atoms with E-state index in [0.29, 0.717) is 45.3 Å². The van der Waals surface area contributed by atoms with Crippen molar-refractivity contribution in [3.8, 4) is 11.5 Å². The van der Waals surface area contributed by atoms with E-state index in [1.54, 1.807) is 35.2 Å². The van der Waals surface area contributed by atoms with Crippen molar-refractivity contribution in [3.05, 3.63) is 64.8 Å². The van der Waals surface area contributed by atoms with Crippen molar-refractivity contribution in [1.82, 2.24) is 20.9 Å². The maximum atomic E-state index is 14.2. The summed E-state index contributed by atoms with van der Waals surface area (Å²) >= 11 is 6.46. The first kappa shape index (κ1) is 43.0. The van der Waals surface area contributed by atoms with E-state index in [9.17, 15) is 34.5 Å². The third-order valence-corrected chi connectivity index (χ3v) is 9.95. The molecule has 0 aliphatic carbocycles. The first-order chi connectivity index (χ1) is 27.6. The molecule has 0 fully saturated rings. The number of nitrogens with zero attached hydrogens (tertiary/aromatic N) is 1. The topological polar surface area (TPSA) is 230 Å². The molecule has 1 aliphatic heterocycles. The minimum absolute atomic E-state index is 0.00820. The molecule has 0 saturated heterocycles. The number of fused-ring (bicyclic) bond motifs is 4. The zero-order valence-corrected chi connectivity index (χ0v) is 32.6. The average molecular weight is 814 g/mol. The van der Waals surface area contributed by atoms with Crippen molar-refractivity contribution in [1.29, 1.82) is 0 Å². The van der Waals surface area contributed by atoms with Gasteiger partial charge in [0.05, 0.1) is 44.2 Å². The number of amides is 4. The van der Waals surface area contributed by atoms with Crippen LogP contribution in [0, 0.1) is 0 Å². The van der Waals surface area contributed by atoms with Crippen molar-refractivity contribution < 1.29 is 58.2 Å². The lowest BCUT2D eigenvalue weighted by Crippen LogP contribution is -2.37. The number of anilines is 1. The molecule has 0 radical (unpaired) electrons. The van der Waals surface area contributed by atoms with Gasteiger partial charge in [-0.3, -0.25) is 9.59 Å². The summed E-state index contributed by atoms with van der Waals surface area (Å²) in [5.74, 6) is -0.175. The summed E-state index contributed by atoms with van der Waals surface area (Å²) < 4.78 is 26.8. The number of rotatable bonds is 19. The Hall–Kier alpha value is -5.17. The van der Waals surface area contributed by atoms with Crippen LogP contribution in [0.1, 0.15) is 52.9 Å². The van der Waals surface area contributed by atoms with Crippen LogP contribution in [-0.2, 0) is 32.2 Å². The molecule has 4 aromatic rings. The first-order valence-electron chi connectivity index (χ1n) is 18.4. The van der Waals surface area contributed by atoms with Crippen LogP contribution in [0.5, 0.6) is 11.5 Å². The summed E-state index contributed by atoms with van der Waals surface area (Å²) in [5.41, 5.74) is 2.90. The van der Waals surface area contributed by atoms with E-state index >= 15 is 0 Å². The molecule has 2 unspecified atom stereocenters. The molecule has 1 aliphatic rings. The molecule has 17 nitrogen and oxygen atoms in total. The Kier molecular flexibility index (Phi) is 15.3. The molecule has 18 heteroatoms. The number of H-pyrrole nitrogens is 1. The lowest BCUT2D eigenvalue weighted by molar-refractivity contribution is -0.181. The van der Waals surface area contributed by atoms with Crippen LogP contribution in [0.3, 0.4) is 0 Å². The molecular weight excluding hydrogens is 766 g/mol. The molecule has 0 saturated carbocycles. The van der Waals surface area contributed by atoms with Gasteiger partial charge in [0.15, 0.2) is 6.29 Å². The van der Waals surface area contributed by atoms with E-state index in [1.165, 1.54) is 14.2 Å². The maximum absolute atomic E-state index is 14.2. The van der Waals surface area contributed by atoms with Gasteiger partial charge in [0.25, 0.3) is 5.91 Å². The number of methoxy groups -OCH3 is 2. The van der Waals surface area contributed by atoms with Crippen molar-refractivity contribution in [2.75, 3.05) is 64.4 Å². The van der Waals surface area contributed by atoms with Gasteiger partial charge in [0.1, 0.15) is 23.8 Å². The van der Waals surface area contributed by atoms with Gasteiger partial charge in [0.2, 0.25) is 5.91 Å². The standard InChI is InChI=1S/C39H48ClN5O12/c1-4-24(18-46)56-34(54-3)21-55-38(51)42-10-9-33(49)41-11-12-43-39(52)57-32-15-30-35(26-8-6-5-7-25(26)32)23(16-40)17-45(30)37(50)29-13-22-14-31(53-2)27(19-47)28(20-48)36(22)44-29/h5-8,13-15,23-24,34,44,46-48H,4,9-12,16-21H2,1-3H3,(H,41,49)(H,42,51)(H,43,52)/t23-,24?,34?/m1/s1. The van der Waals surface area contributed by atoms with Crippen LogP contribution in [0.25, 0.3) is 21.7 Å². The van der Waals surface area contributed by atoms with E-state index in [0.717, 1.165) is 10.9 Å². The molecule has 308 valence electrons. The van der Waals surface area contributed by atoms with Crippen molar-refractivity contribution in [3.63, 3.8) is 0 Å². The third-order valence-electron chi connectivity index (χ3n) is 9.58. The zero-order chi connectivity index (χ0) is 41.1. The van der Waals surface area contributed by atoms with Gasteiger partial charge < -0.3 is 64.8 Å². The Balaban J connectivity index is 1.19. The predicted octanol–water partition coefficient (Wildman–Crippen LogP) is 3.38. The van der Waals surface area contributed by atoms with Gasteiger partial charge in [0, 0.05) is 79.5 Å². The molecule has 3 aromatic carbocycles. The number of nitrogens with one attached hydrogen (secondary N) is 4.